The third-order valence-corrected chi connectivity index (χ3v) is 2.84. The van der Waals surface area contributed by atoms with Gasteiger partial charge in [0.15, 0.2) is 0 Å². The smallest absolute Gasteiger partial charge is 0.147 e. The molecule has 18 heavy (non-hydrogen) atoms. The van der Waals surface area contributed by atoms with Gasteiger partial charge in [0.1, 0.15) is 11.6 Å². The van der Waals surface area contributed by atoms with Crippen molar-refractivity contribution in [1.82, 2.24) is 9.97 Å². The molecule has 0 spiro atoms. The molecular formula is C13H15ClN4. The van der Waals surface area contributed by atoms with Crippen LogP contribution in [0.15, 0.2) is 36.7 Å². The molecule has 2 N–H and O–H groups in total. The summed E-state index contributed by atoms with van der Waals surface area (Å²) in [5.41, 5.74) is 1.11. The Hall–Kier alpha value is -1.81. The van der Waals surface area contributed by atoms with Gasteiger partial charge >= 0.3 is 0 Å². The van der Waals surface area contributed by atoms with Crippen molar-refractivity contribution in [3.63, 3.8) is 0 Å². The van der Waals surface area contributed by atoms with Crippen LogP contribution >= 0.6 is 11.6 Å². The third kappa shape index (κ3) is 3.11. The largest absolute Gasteiger partial charge is 0.372 e. The number of aromatic nitrogens is 2. The molecule has 0 bridgehead atoms. The van der Waals surface area contributed by atoms with Crippen molar-refractivity contribution >= 4 is 23.2 Å². The molecule has 2 aromatic rings. The third-order valence-electron chi connectivity index (χ3n) is 2.60. The van der Waals surface area contributed by atoms with Crippen molar-refractivity contribution in [2.75, 3.05) is 17.7 Å². The van der Waals surface area contributed by atoms with Gasteiger partial charge in [-0.25, -0.2) is 4.98 Å². The van der Waals surface area contributed by atoms with Gasteiger partial charge in [0.25, 0.3) is 0 Å². The van der Waals surface area contributed by atoms with E-state index in [0.29, 0.717) is 0 Å². The lowest BCUT2D eigenvalue weighted by Crippen LogP contribution is -2.09. The molecular weight excluding hydrogens is 248 g/mol. The summed E-state index contributed by atoms with van der Waals surface area (Å²) in [5, 5.41) is 6.98. The fourth-order valence-electron chi connectivity index (χ4n) is 1.64. The minimum absolute atomic E-state index is 0.116. The molecule has 1 heterocycles. The van der Waals surface area contributed by atoms with Gasteiger partial charge in [-0.2, -0.15) is 0 Å². The van der Waals surface area contributed by atoms with Crippen molar-refractivity contribution in [2.45, 2.75) is 13.0 Å². The number of anilines is 2. The van der Waals surface area contributed by atoms with Gasteiger partial charge in [0.05, 0.1) is 18.4 Å². The topological polar surface area (TPSA) is 49.8 Å². The molecule has 0 fully saturated rings. The Morgan fingerprint density at radius 2 is 2.00 bits per heavy atom. The van der Waals surface area contributed by atoms with Gasteiger partial charge < -0.3 is 10.6 Å². The first-order valence-electron chi connectivity index (χ1n) is 5.71. The van der Waals surface area contributed by atoms with Crippen LogP contribution in [0.4, 0.5) is 11.6 Å². The van der Waals surface area contributed by atoms with Gasteiger partial charge in [-0.05, 0) is 24.6 Å². The normalized spacial score (nSPS) is 11.9. The quantitative estimate of drug-likeness (QED) is 0.887. The van der Waals surface area contributed by atoms with Gasteiger partial charge in [0, 0.05) is 12.1 Å². The van der Waals surface area contributed by atoms with Gasteiger partial charge in [-0.15, -0.1) is 0 Å². The summed E-state index contributed by atoms with van der Waals surface area (Å²) in [6.45, 7) is 2.05. The van der Waals surface area contributed by atoms with Crippen molar-refractivity contribution < 1.29 is 0 Å². The maximum atomic E-state index is 5.97. The summed E-state index contributed by atoms with van der Waals surface area (Å²) in [6.07, 6.45) is 3.37. The zero-order valence-electron chi connectivity index (χ0n) is 10.3. The summed E-state index contributed by atoms with van der Waals surface area (Å²) in [5.74, 6) is 1.47. The van der Waals surface area contributed by atoms with Crippen molar-refractivity contribution in [3.8, 4) is 0 Å². The predicted molar refractivity (Wildman–Crippen MR) is 75.1 cm³/mol. The van der Waals surface area contributed by atoms with Crippen LogP contribution in [0, 0.1) is 0 Å². The fourth-order valence-corrected chi connectivity index (χ4v) is 1.84. The van der Waals surface area contributed by atoms with Crippen LogP contribution in [0.1, 0.15) is 18.5 Å². The lowest BCUT2D eigenvalue weighted by molar-refractivity contribution is 0.872. The molecule has 0 aliphatic rings. The Balaban J connectivity index is 2.13. The zero-order valence-corrected chi connectivity index (χ0v) is 11.1. The number of nitrogens with zero attached hydrogens (tertiary/aromatic N) is 2. The van der Waals surface area contributed by atoms with Crippen LogP contribution in [0.25, 0.3) is 0 Å². The molecule has 0 aliphatic heterocycles. The second-order valence-electron chi connectivity index (χ2n) is 3.96. The molecule has 1 unspecified atom stereocenters. The molecule has 94 valence electrons. The van der Waals surface area contributed by atoms with E-state index < -0.39 is 0 Å². The van der Waals surface area contributed by atoms with E-state index in [-0.39, 0.29) is 6.04 Å². The molecule has 1 aromatic heterocycles. The van der Waals surface area contributed by atoms with Gasteiger partial charge in [-0.3, -0.25) is 4.98 Å². The molecule has 5 heteroatoms. The predicted octanol–water partition coefficient (Wildman–Crippen LogP) is 3.34. The Morgan fingerprint density at radius 1 is 1.22 bits per heavy atom. The van der Waals surface area contributed by atoms with E-state index in [2.05, 4.69) is 27.5 Å². The van der Waals surface area contributed by atoms with E-state index in [1.165, 1.54) is 0 Å². The second-order valence-corrected chi connectivity index (χ2v) is 4.40. The Kier molecular flexibility index (Phi) is 3.99. The summed E-state index contributed by atoms with van der Waals surface area (Å²) in [6, 6.07) is 7.88. The average molecular weight is 263 g/mol. The Labute approximate surface area is 111 Å². The zero-order chi connectivity index (χ0) is 13.0. The van der Waals surface area contributed by atoms with Crippen LogP contribution in [-0.2, 0) is 0 Å². The van der Waals surface area contributed by atoms with Crippen LogP contribution in [0.5, 0.6) is 0 Å². The lowest BCUT2D eigenvalue weighted by atomic mass is 10.1. The summed E-state index contributed by atoms with van der Waals surface area (Å²) in [4.78, 5) is 8.47. The molecule has 2 rings (SSSR count). The van der Waals surface area contributed by atoms with Crippen LogP contribution < -0.4 is 10.6 Å². The molecule has 1 atom stereocenters. The monoisotopic (exact) mass is 262 g/mol. The summed E-state index contributed by atoms with van der Waals surface area (Å²) in [7, 11) is 1.81. The Bertz CT molecular complexity index is 530. The number of halogens is 1. The van der Waals surface area contributed by atoms with E-state index in [1.54, 1.807) is 12.4 Å². The number of hydrogen-bond donors (Lipinski definition) is 2. The van der Waals surface area contributed by atoms with Gasteiger partial charge in [0.2, 0.25) is 0 Å². The number of rotatable bonds is 4. The summed E-state index contributed by atoms with van der Waals surface area (Å²) < 4.78 is 0. The fraction of sp³-hybridized carbons (Fsp3) is 0.231. The highest BCUT2D eigenvalue weighted by molar-refractivity contribution is 6.30. The first kappa shape index (κ1) is 12.6. The van der Waals surface area contributed by atoms with Gasteiger partial charge in [-0.1, -0.05) is 23.7 Å². The van der Waals surface area contributed by atoms with E-state index >= 15 is 0 Å². The molecule has 0 amide bonds. The number of hydrogen-bond acceptors (Lipinski definition) is 4. The van der Waals surface area contributed by atoms with Crippen molar-refractivity contribution in [3.05, 3.63) is 47.2 Å². The highest BCUT2D eigenvalue weighted by Gasteiger charge is 2.07. The minimum atomic E-state index is 0.116. The molecule has 0 aliphatic carbocycles. The SMILES string of the molecule is CNc1cncc(NC(C)c2cccc(Cl)c2)n1. The van der Waals surface area contributed by atoms with Crippen LogP contribution in [0.2, 0.25) is 5.02 Å². The molecule has 4 nitrogen and oxygen atoms in total. The van der Waals surface area contributed by atoms with E-state index in [0.717, 1.165) is 22.2 Å². The molecule has 0 saturated carbocycles. The molecule has 0 radical (unpaired) electrons. The minimum Gasteiger partial charge on any atom is -0.372 e. The summed E-state index contributed by atoms with van der Waals surface area (Å²) >= 11 is 5.97. The maximum absolute atomic E-state index is 5.97. The number of benzene rings is 1. The highest BCUT2D eigenvalue weighted by Crippen LogP contribution is 2.20. The lowest BCUT2D eigenvalue weighted by Gasteiger charge is -2.15. The molecule has 0 saturated heterocycles. The van der Waals surface area contributed by atoms with Crippen LogP contribution in [0.3, 0.4) is 0 Å². The number of nitrogens with one attached hydrogen (secondary N) is 2. The first-order chi connectivity index (χ1) is 8.69. The standard InChI is InChI=1S/C13H15ClN4/c1-9(10-4-3-5-11(14)6-10)17-13-8-16-7-12(15-2)18-13/h3-9H,1-2H3,(H2,15,17,18). The highest BCUT2D eigenvalue weighted by atomic mass is 35.5. The average Bonchev–Trinajstić information content (AvgIpc) is 2.39. The van der Waals surface area contributed by atoms with Crippen molar-refractivity contribution in [2.24, 2.45) is 0 Å². The first-order valence-corrected chi connectivity index (χ1v) is 6.08. The van der Waals surface area contributed by atoms with E-state index in [4.69, 9.17) is 11.6 Å². The second kappa shape index (κ2) is 5.69. The maximum Gasteiger partial charge on any atom is 0.147 e. The Morgan fingerprint density at radius 3 is 2.72 bits per heavy atom. The molecule has 1 aromatic carbocycles. The van der Waals surface area contributed by atoms with Crippen molar-refractivity contribution in [1.29, 1.82) is 0 Å². The van der Waals surface area contributed by atoms with E-state index in [1.807, 2.05) is 31.3 Å². The van der Waals surface area contributed by atoms with E-state index in [9.17, 15) is 0 Å². The van der Waals surface area contributed by atoms with Crippen LogP contribution in [-0.4, -0.2) is 17.0 Å².